The van der Waals surface area contributed by atoms with Crippen molar-refractivity contribution in [3.63, 3.8) is 0 Å². The van der Waals surface area contributed by atoms with E-state index in [9.17, 15) is 18.0 Å². The van der Waals surface area contributed by atoms with E-state index in [0.29, 0.717) is 30.7 Å². The lowest BCUT2D eigenvalue weighted by Crippen LogP contribution is -2.37. The highest BCUT2D eigenvalue weighted by Crippen LogP contribution is 2.31. The van der Waals surface area contributed by atoms with Gasteiger partial charge in [0, 0.05) is 12.6 Å². The fraction of sp³-hybridized carbons (Fsp3) is 0.278. The molecule has 24 heavy (non-hydrogen) atoms. The van der Waals surface area contributed by atoms with Crippen LogP contribution in [0.1, 0.15) is 18.4 Å². The first-order valence-electron chi connectivity index (χ1n) is 7.71. The molecule has 2 aromatic rings. The molecule has 126 valence electrons. The van der Waals surface area contributed by atoms with Crippen LogP contribution in [0.25, 0.3) is 0 Å². The van der Waals surface area contributed by atoms with E-state index in [0.717, 1.165) is 6.07 Å². The van der Waals surface area contributed by atoms with Crippen LogP contribution in [0.3, 0.4) is 0 Å². The highest BCUT2D eigenvalue weighted by molar-refractivity contribution is 5.94. The van der Waals surface area contributed by atoms with Gasteiger partial charge < -0.3 is 9.64 Å². The first-order chi connectivity index (χ1) is 11.5. The van der Waals surface area contributed by atoms with Gasteiger partial charge in [0.2, 0.25) is 5.91 Å². The van der Waals surface area contributed by atoms with E-state index in [2.05, 4.69) is 0 Å². The van der Waals surface area contributed by atoms with Crippen molar-refractivity contribution in [3.05, 3.63) is 59.4 Å². The van der Waals surface area contributed by atoms with Crippen LogP contribution in [0, 0.1) is 17.5 Å². The summed E-state index contributed by atoms with van der Waals surface area (Å²) in [6, 6.07) is 7.53. The summed E-state index contributed by atoms with van der Waals surface area (Å²) in [5.41, 5.74) is 0.668. The van der Waals surface area contributed by atoms with E-state index in [1.54, 1.807) is 0 Å². The van der Waals surface area contributed by atoms with E-state index in [4.69, 9.17) is 4.74 Å². The Morgan fingerprint density at radius 3 is 2.58 bits per heavy atom. The molecule has 1 heterocycles. The smallest absolute Gasteiger partial charge is 0.230 e. The number of rotatable bonds is 4. The number of ether oxygens (including phenoxy) is 1. The van der Waals surface area contributed by atoms with Crippen molar-refractivity contribution in [2.75, 3.05) is 18.1 Å². The van der Waals surface area contributed by atoms with Gasteiger partial charge in [-0.25, -0.2) is 13.2 Å². The largest absolute Gasteiger partial charge is 0.493 e. The van der Waals surface area contributed by atoms with Crippen LogP contribution in [0.15, 0.2) is 36.4 Å². The number of carbonyl (C=O) groups excluding carboxylic acids is 1. The average molecular weight is 335 g/mol. The highest BCUT2D eigenvalue weighted by atomic mass is 19.1. The van der Waals surface area contributed by atoms with E-state index in [-0.39, 0.29) is 30.4 Å². The third-order valence-corrected chi connectivity index (χ3v) is 3.90. The molecule has 0 saturated heterocycles. The monoisotopic (exact) mass is 335 g/mol. The molecular formula is C18H16F3NO2. The average Bonchev–Trinajstić information content (AvgIpc) is 2.55. The Morgan fingerprint density at radius 2 is 1.83 bits per heavy atom. The zero-order valence-corrected chi connectivity index (χ0v) is 12.9. The Bertz CT molecular complexity index is 747. The van der Waals surface area contributed by atoms with Crippen molar-refractivity contribution < 1.29 is 22.7 Å². The number of amides is 1. The number of benzene rings is 2. The fourth-order valence-corrected chi connectivity index (χ4v) is 2.82. The second-order valence-corrected chi connectivity index (χ2v) is 5.60. The van der Waals surface area contributed by atoms with E-state index in [1.807, 2.05) is 0 Å². The van der Waals surface area contributed by atoms with Crippen molar-refractivity contribution in [2.24, 2.45) is 0 Å². The number of anilines is 1. The summed E-state index contributed by atoms with van der Waals surface area (Å²) in [7, 11) is 0. The highest BCUT2D eigenvalue weighted by Gasteiger charge is 2.26. The molecule has 0 aliphatic carbocycles. The zero-order valence-electron chi connectivity index (χ0n) is 12.9. The van der Waals surface area contributed by atoms with Crippen molar-refractivity contribution in [1.82, 2.24) is 0 Å². The van der Waals surface area contributed by atoms with Crippen LogP contribution in [0.4, 0.5) is 18.9 Å². The van der Waals surface area contributed by atoms with Crippen molar-refractivity contribution >= 4 is 11.6 Å². The summed E-state index contributed by atoms with van der Waals surface area (Å²) < 4.78 is 45.6. The maximum Gasteiger partial charge on any atom is 0.230 e. The number of halogens is 3. The molecule has 0 unspecified atom stereocenters. The maximum absolute atomic E-state index is 14.1. The van der Waals surface area contributed by atoms with Crippen LogP contribution in [-0.4, -0.2) is 19.1 Å². The van der Waals surface area contributed by atoms with Gasteiger partial charge in [0.1, 0.15) is 23.2 Å². The first kappa shape index (κ1) is 16.4. The topological polar surface area (TPSA) is 29.5 Å². The molecule has 1 aliphatic rings. The van der Waals surface area contributed by atoms with Crippen LogP contribution >= 0.6 is 0 Å². The third kappa shape index (κ3) is 3.53. The molecule has 0 aromatic heterocycles. The predicted molar refractivity (Wildman–Crippen MR) is 83.5 cm³/mol. The van der Waals surface area contributed by atoms with Crippen LogP contribution in [0.2, 0.25) is 0 Å². The molecule has 0 radical (unpaired) electrons. The number of hydrogen-bond donors (Lipinski definition) is 0. The van der Waals surface area contributed by atoms with Crippen LogP contribution in [0.5, 0.6) is 5.75 Å². The van der Waals surface area contributed by atoms with E-state index >= 15 is 0 Å². The van der Waals surface area contributed by atoms with Gasteiger partial charge in [0.25, 0.3) is 0 Å². The number of fused-ring (bicyclic) bond motifs is 1. The molecule has 1 amide bonds. The number of nitrogens with zero attached hydrogens (tertiary/aromatic N) is 1. The van der Waals surface area contributed by atoms with Crippen LogP contribution < -0.4 is 9.64 Å². The summed E-state index contributed by atoms with van der Waals surface area (Å²) in [5, 5.41) is 0. The fourth-order valence-electron chi connectivity index (χ4n) is 2.82. The molecule has 1 aliphatic heterocycles. The minimum Gasteiger partial charge on any atom is -0.493 e. The Kier molecular flexibility index (Phi) is 4.74. The van der Waals surface area contributed by atoms with Gasteiger partial charge in [0.15, 0.2) is 0 Å². The van der Waals surface area contributed by atoms with Crippen LogP contribution in [-0.2, 0) is 11.2 Å². The lowest BCUT2D eigenvalue weighted by molar-refractivity contribution is -0.119. The van der Waals surface area contributed by atoms with Gasteiger partial charge >= 0.3 is 0 Å². The lowest BCUT2D eigenvalue weighted by Gasteiger charge is -2.30. The number of hydrogen-bond acceptors (Lipinski definition) is 2. The Labute approximate surface area is 137 Å². The third-order valence-electron chi connectivity index (χ3n) is 3.90. The standard InChI is InChI=1S/C18H16F3NO2/c19-13-3-5-15(6-4-13)24-9-7-17(23)22-8-1-2-12-10-14(20)11-16(21)18(12)22/h3-6,10-11H,1-2,7-9H2. The van der Waals surface area contributed by atoms with Crippen molar-refractivity contribution in [3.8, 4) is 5.75 Å². The molecule has 3 nitrogen and oxygen atoms in total. The molecule has 0 saturated carbocycles. The molecule has 0 N–H and O–H groups in total. The molecule has 3 rings (SSSR count). The summed E-state index contributed by atoms with van der Waals surface area (Å²) in [6.07, 6.45) is 1.24. The quantitative estimate of drug-likeness (QED) is 0.849. The minimum absolute atomic E-state index is 0.0492. The lowest BCUT2D eigenvalue weighted by atomic mass is 10.0. The second-order valence-electron chi connectivity index (χ2n) is 5.60. The Morgan fingerprint density at radius 1 is 1.08 bits per heavy atom. The van der Waals surface area contributed by atoms with Crippen molar-refractivity contribution in [1.29, 1.82) is 0 Å². The van der Waals surface area contributed by atoms with Gasteiger partial charge in [0.05, 0.1) is 18.7 Å². The Hall–Kier alpha value is -2.50. The van der Waals surface area contributed by atoms with Gasteiger partial charge in [-0.3, -0.25) is 4.79 Å². The first-order valence-corrected chi connectivity index (χ1v) is 7.71. The SMILES string of the molecule is O=C(CCOc1ccc(F)cc1)N1CCCc2cc(F)cc(F)c21. The summed E-state index contributed by atoms with van der Waals surface area (Å²) >= 11 is 0. The molecule has 0 fully saturated rings. The van der Waals surface area contributed by atoms with Gasteiger partial charge in [-0.15, -0.1) is 0 Å². The van der Waals surface area contributed by atoms with Crippen molar-refractivity contribution in [2.45, 2.75) is 19.3 Å². The minimum atomic E-state index is -0.725. The van der Waals surface area contributed by atoms with Gasteiger partial charge in [-0.2, -0.15) is 0 Å². The summed E-state index contributed by atoms with van der Waals surface area (Å²) in [4.78, 5) is 13.7. The van der Waals surface area contributed by atoms with E-state index < -0.39 is 11.6 Å². The predicted octanol–water partition coefficient (Wildman–Crippen LogP) is 3.85. The summed E-state index contributed by atoms with van der Waals surface area (Å²) in [5.74, 6) is -1.57. The molecule has 2 aromatic carbocycles. The maximum atomic E-state index is 14.1. The Balaban J connectivity index is 1.65. The molecular weight excluding hydrogens is 319 g/mol. The second kappa shape index (κ2) is 6.95. The summed E-state index contributed by atoms with van der Waals surface area (Å²) in [6.45, 7) is 0.490. The molecule has 0 atom stereocenters. The zero-order chi connectivity index (χ0) is 17.1. The van der Waals surface area contributed by atoms with E-state index in [1.165, 1.54) is 35.2 Å². The van der Waals surface area contributed by atoms with Gasteiger partial charge in [-0.1, -0.05) is 0 Å². The molecule has 0 spiro atoms. The van der Waals surface area contributed by atoms with Gasteiger partial charge in [-0.05, 0) is 48.7 Å². The normalized spacial score (nSPS) is 13.5. The molecule has 0 bridgehead atoms. The molecule has 6 heteroatoms. The number of aryl methyl sites for hydroxylation is 1. The number of carbonyl (C=O) groups is 1.